The number of nitrogens with one attached hydrogen (secondary N) is 2. The quantitative estimate of drug-likeness (QED) is 0.0745. The highest BCUT2D eigenvalue weighted by molar-refractivity contribution is 5.81. The van der Waals surface area contributed by atoms with Crippen molar-refractivity contribution in [3.8, 4) is 0 Å². The third-order valence-corrected chi connectivity index (χ3v) is 14.3. The Morgan fingerprint density at radius 3 is 2.35 bits per heavy atom. The minimum absolute atomic E-state index is 0.00482. The molecule has 9 atom stereocenters. The van der Waals surface area contributed by atoms with Gasteiger partial charge in [-0.2, -0.15) is 0 Å². The molecule has 0 spiro atoms. The maximum atomic E-state index is 13.7. The van der Waals surface area contributed by atoms with Crippen LogP contribution in [0.3, 0.4) is 0 Å². The Balaban J connectivity index is 1.33. The molecule has 52 heavy (non-hydrogen) atoms. The Morgan fingerprint density at radius 1 is 0.885 bits per heavy atom. The predicted molar refractivity (Wildman–Crippen MR) is 215 cm³/mol. The summed E-state index contributed by atoms with van der Waals surface area (Å²) in [7, 11) is 3.99. The van der Waals surface area contributed by atoms with Crippen molar-refractivity contribution in [1.82, 2.24) is 20.4 Å². The van der Waals surface area contributed by atoms with E-state index in [9.17, 15) is 9.59 Å². The number of hydrogen-bond donors (Lipinski definition) is 4. The molecule has 0 heterocycles. The number of carbonyl (C=O) groups excluding carboxylic acids is 2. The Labute approximate surface area is 318 Å². The summed E-state index contributed by atoms with van der Waals surface area (Å²) in [4.78, 5) is 30.6. The van der Waals surface area contributed by atoms with E-state index in [1.54, 1.807) is 5.57 Å². The van der Waals surface area contributed by atoms with Crippen LogP contribution in [-0.4, -0.2) is 93.9 Å². The van der Waals surface area contributed by atoms with E-state index in [0.717, 1.165) is 74.2 Å². The maximum absolute atomic E-state index is 13.7. The van der Waals surface area contributed by atoms with Gasteiger partial charge in [0.1, 0.15) is 6.10 Å². The fourth-order valence-electron chi connectivity index (χ4n) is 11.3. The topological polar surface area (TPSA) is 126 Å². The Bertz CT molecular complexity index is 1150. The summed E-state index contributed by atoms with van der Waals surface area (Å²) in [5, 5.41) is 6.45. The highest BCUT2D eigenvalue weighted by Gasteiger charge is 2.59. The lowest BCUT2D eigenvalue weighted by Gasteiger charge is -2.58. The molecule has 4 aliphatic rings. The Kier molecular flexibility index (Phi) is 16.8. The van der Waals surface area contributed by atoms with Gasteiger partial charge in [0.25, 0.3) is 0 Å². The molecule has 6 N–H and O–H groups in total. The van der Waals surface area contributed by atoms with Crippen molar-refractivity contribution in [3.63, 3.8) is 0 Å². The van der Waals surface area contributed by atoms with E-state index in [-0.39, 0.29) is 29.6 Å². The van der Waals surface area contributed by atoms with Crippen molar-refractivity contribution in [3.05, 3.63) is 11.6 Å². The van der Waals surface area contributed by atoms with Crippen LogP contribution in [0.25, 0.3) is 0 Å². The molecule has 0 aromatic carbocycles. The van der Waals surface area contributed by atoms with E-state index < -0.39 is 0 Å². The normalized spacial score (nSPS) is 31.0. The second kappa shape index (κ2) is 20.3. The predicted octanol–water partition coefficient (Wildman–Crippen LogP) is 6.95. The fourth-order valence-corrected chi connectivity index (χ4v) is 11.3. The molecule has 3 saturated carbocycles. The van der Waals surface area contributed by atoms with Gasteiger partial charge in [-0.25, -0.2) is 4.79 Å². The summed E-state index contributed by atoms with van der Waals surface area (Å²) in [6.07, 6.45) is 19.0. The van der Waals surface area contributed by atoms with Crippen molar-refractivity contribution in [2.24, 2.45) is 57.8 Å². The number of ether oxygens (including phenoxy) is 1. The molecular formula is C43H80N6O3. The van der Waals surface area contributed by atoms with Crippen molar-refractivity contribution in [2.45, 2.75) is 143 Å². The van der Waals surface area contributed by atoms with Gasteiger partial charge in [0, 0.05) is 32.6 Å². The maximum Gasteiger partial charge on any atom is 0.410 e. The number of allylic oxidation sites excluding steroid dienone is 1. The monoisotopic (exact) mass is 729 g/mol. The van der Waals surface area contributed by atoms with Crippen LogP contribution < -0.4 is 22.1 Å². The van der Waals surface area contributed by atoms with Crippen LogP contribution in [0.4, 0.5) is 4.79 Å². The van der Waals surface area contributed by atoms with Crippen LogP contribution in [0.15, 0.2) is 11.6 Å². The number of amides is 2. The second-order valence-electron chi connectivity index (χ2n) is 18.6. The standard InChI is InChI=1S/C43H80N6O3/c1-31(2)12-8-13-32(3)36-17-18-37-35-16-15-33-30-34(19-21-42(33,4)38(35)20-22-43(36,37)5)52-41(51)49(28-11-24-45)27-9-14-39(46-25-10-23-44)40(50)47-26-29-48(6)7/h15,31-32,34-39,46H,8-14,16-30,44-45H2,1-7H3,(H,47,50)/t32-,34+,35+,36-,37+,38+,39?,42+,43-/m1/s1. The first-order chi connectivity index (χ1) is 24.8. The minimum atomic E-state index is -0.315. The summed E-state index contributed by atoms with van der Waals surface area (Å²) in [5.41, 5.74) is 13.9. The van der Waals surface area contributed by atoms with E-state index in [4.69, 9.17) is 16.2 Å². The molecule has 0 radical (unpaired) electrons. The minimum Gasteiger partial charge on any atom is -0.446 e. The van der Waals surface area contributed by atoms with Crippen LogP contribution in [0.2, 0.25) is 0 Å². The summed E-state index contributed by atoms with van der Waals surface area (Å²) in [6.45, 7) is 16.8. The number of nitrogens with two attached hydrogens (primary N) is 2. The molecule has 2 amide bonds. The van der Waals surface area contributed by atoms with Crippen molar-refractivity contribution >= 4 is 12.0 Å². The first-order valence-corrected chi connectivity index (χ1v) is 21.5. The molecule has 0 aromatic heterocycles. The zero-order valence-electron chi connectivity index (χ0n) is 34.5. The first kappa shape index (κ1) is 43.1. The fraction of sp³-hybridized carbons (Fsp3) is 0.907. The van der Waals surface area contributed by atoms with Gasteiger partial charge in [-0.05, 0) is 151 Å². The van der Waals surface area contributed by atoms with Gasteiger partial charge in [0.2, 0.25) is 5.91 Å². The van der Waals surface area contributed by atoms with Crippen molar-refractivity contribution in [2.75, 3.05) is 59.9 Å². The molecule has 0 aromatic rings. The zero-order valence-corrected chi connectivity index (χ0v) is 34.5. The van der Waals surface area contributed by atoms with E-state index in [1.165, 1.54) is 51.4 Å². The molecule has 4 aliphatic carbocycles. The summed E-state index contributed by atoms with van der Waals surface area (Å²) >= 11 is 0. The Hall–Kier alpha value is -1.68. The molecule has 0 aliphatic heterocycles. The van der Waals surface area contributed by atoms with Gasteiger partial charge in [-0.15, -0.1) is 0 Å². The molecule has 300 valence electrons. The molecule has 1 unspecified atom stereocenters. The zero-order chi connectivity index (χ0) is 37.9. The second-order valence-corrected chi connectivity index (χ2v) is 18.6. The lowest BCUT2D eigenvalue weighted by molar-refractivity contribution is -0.123. The van der Waals surface area contributed by atoms with E-state index >= 15 is 0 Å². The van der Waals surface area contributed by atoms with Gasteiger partial charge in [0.15, 0.2) is 0 Å². The number of rotatable bonds is 21. The SMILES string of the molecule is CC(C)CCC[C@@H](C)[C@H]1CC[C@H]2[C@@H]3CC=C4C[C@@H](OC(=O)N(CCCN)CCCC(NCCCN)C(=O)NCCN(C)C)CC[C@]4(C)[C@H]3CC[C@]12C. The molecule has 0 saturated heterocycles. The smallest absolute Gasteiger partial charge is 0.410 e. The summed E-state index contributed by atoms with van der Waals surface area (Å²) in [6, 6.07) is -0.315. The third-order valence-electron chi connectivity index (χ3n) is 14.3. The lowest BCUT2D eigenvalue weighted by Crippen LogP contribution is -2.51. The van der Waals surface area contributed by atoms with Crippen molar-refractivity contribution in [1.29, 1.82) is 0 Å². The lowest BCUT2D eigenvalue weighted by atomic mass is 9.47. The number of likely N-dealkylation sites (N-methyl/N-ethyl adjacent to an activating group) is 1. The highest BCUT2D eigenvalue weighted by atomic mass is 16.6. The van der Waals surface area contributed by atoms with Gasteiger partial charge < -0.3 is 36.6 Å². The van der Waals surface area contributed by atoms with Crippen LogP contribution in [-0.2, 0) is 9.53 Å². The molecule has 4 rings (SSSR count). The van der Waals surface area contributed by atoms with Gasteiger partial charge >= 0.3 is 6.09 Å². The van der Waals surface area contributed by atoms with Gasteiger partial charge in [-0.3, -0.25) is 4.79 Å². The molecular weight excluding hydrogens is 649 g/mol. The average Bonchev–Trinajstić information content (AvgIpc) is 3.46. The molecule has 0 bridgehead atoms. The van der Waals surface area contributed by atoms with Crippen LogP contribution in [0, 0.1) is 46.3 Å². The largest absolute Gasteiger partial charge is 0.446 e. The van der Waals surface area contributed by atoms with Crippen LogP contribution in [0.5, 0.6) is 0 Å². The molecule has 9 heteroatoms. The molecule has 9 nitrogen and oxygen atoms in total. The number of fused-ring (bicyclic) bond motifs is 5. The average molecular weight is 729 g/mol. The molecule has 3 fully saturated rings. The number of hydrogen-bond acceptors (Lipinski definition) is 7. The van der Waals surface area contributed by atoms with Crippen LogP contribution >= 0.6 is 0 Å². The van der Waals surface area contributed by atoms with Gasteiger partial charge in [-0.1, -0.05) is 65.5 Å². The van der Waals surface area contributed by atoms with E-state index in [2.05, 4.69) is 56.2 Å². The number of carbonyl (C=O) groups is 2. The first-order valence-electron chi connectivity index (χ1n) is 21.5. The number of nitrogens with zero attached hydrogens (tertiary/aromatic N) is 2. The Morgan fingerprint density at radius 2 is 1.63 bits per heavy atom. The van der Waals surface area contributed by atoms with E-state index in [0.29, 0.717) is 57.5 Å². The summed E-state index contributed by atoms with van der Waals surface area (Å²) < 4.78 is 6.31. The highest BCUT2D eigenvalue weighted by Crippen LogP contribution is 2.67. The summed E-state index contributed by atoms with van der Waals surface area (Å²) in [5.74, 6) is 4.94. The van der Waals surface area contributed by atoms with Crippen molar-refractivity contribution < 1.29 is 14.3 Å². The third kappa shape index (κ3) is 11.0. The van der Waals surface area contributed by atoms with Crippen LogP contribution in [0.1, 0.15) is 131 Å². The van der Waals surface area contributed by atoms with E-state index in [1.807, 2.05) is 19.0 Å². The van der Waals surface area contributed by atoms with Gasteiger partial charge in [0.05, 0.1) is 6.04 Å².